The Kier molecular flexibility index (Phi) is 4.19. The number of hydrogen-bond donors (Lipinski definition) is 0. The molecule has 7 heteroatoms. The number of thiophene rings is 1. The molecule has 0 N–H and O–H groups in total. The van der Waals surface area contributed by atoms with E-state index in [1.807, 2.05) is 6.92 Å². The van der Waals surface area contributed by atoms with Crippen LogP contribution in [0.3, 0.4) is 0 Å². The van der Waals surface area contributed by atoms with Crippen LogP contribution < -0.4 is 5.11 Å². The second-order valence-electron chi connectivity index (χ2n) is 4.92. The van der Waals surface area contributed by atoms with E-state index in [0.717, 1.165) is 5.56 Å². The molecule has 3 aromatic rings. The van der Waals surface area contributed by atoms with Gasteiger partial charge in [-0.25, -0.2) is 9.37 Å². The van der Waals surface area contributed by atoms with Crippen molar-refractivity contribution >= 4 is 28.9 Å². The predicted octanol–water partition coefficient (Wildman–Crippen LogP) is 3.46. The van der Waals surface area contributed by atoms with Crippen LogP contribution in [0.15, 0.2) is 34.7 Å². The molecule has 0 saturated heterocycles. The maximum atomic E-state index is 13.0. The lowest BCUT2D eigenvalue weighted by Gasteiger charge is -1.99. The average molecular weight is 351 g/mol. The van der Waals surface area contributed by atoms with Crippen molar-refractivity contribution in [3.05, 3.63) is 51.7 Å². The van der Waals surface area contributed by atoms with Crippen LogP contribution in [0.4, 0.5) is 4.39 Å². The van der Waals surface area contributed by atoms with Crippen LogP contribution in [-0.2, 0) is 11.2 Å². The molecule has 0 unspecified atom stereocenters. The Balaban J connectivity index is 2.09. The van der Waals surface area contributed by atoms with Gasteiger partial charge in [0.25, 0.3) is 0 Å². The molecule has 0 saturated carbocycles. The Morgan fingerprint density at radius 3 is 2.65 bits per heavy atom. The highest BCUT2D eigenvalue weighted by atomic mass is 35.5. The molecule has 0 aliphatic carbocycles. The van der Waals surface area contributed by atoms with Crippen molar-refractivity contribution in [1.29, 1.82) is 0 Å². The molecule has 4 nitrogen and oxygen atoms in total. The van der Waals surface area contributed by atoms with E-state index in [0.29, 0.717) is 20.5 Å². The molecule has 2 aromatic heterocycles. The van der Waals surface area contributed by atoms with Crippen LogP contribution in [-0.4, -0.2) is 11.0 Å². The van der Waals surface area contributed by atoms with Gasteiger partial charge in [-0.3, -0.25) is 0 Å². The lowest BCUT2D eigenvalue weighted by Crippen LogP contribution is -2.24. The number of hydrogen-bond acceptors (Lipinski definition) is 5. The molecule has 1 aromatic carbocycles. The molecule has 0 spiro atoms. The number of nitrogens with zero attached hydrogens (tertiary/aromatic N) is 1. The van der Waals surface area contributed by atoms with E-state index >= 15 is 0 Å². The monoisotopic (exact) mass is 350 g/mol. The Bertz CT molecular complexity index is 851. The van der Waals surface area contributed by atoms with E-state index < -0.39 is 5.97 Å². The predicted molar refractivity (Wildman–Crippen MR) is 83.7 cm³/mol. The van der Waals surface area contributed by atoms with Crippen LogP contribution in [0.25, 0.3) is 22.1 Å². The number of benzene rings is 1. The van der Waals surface area contributed by atoms with E-state index in [1.165, 1.54) is 35.6 Å². The Labute approximate surface area is 140 Å². The van der Waals surface area contributed by atoms with E-state index in [9.17, 15) is 14.3 Å². The first-order valence-electron chi connectivity index (χ1n) is 6.66. The minimum atomic E-state index is -1.26. The molecular formula is C16H10ClFNO3S-. The summed E-state index contributed by atoms with van der Waals surface area (Å²) in [5.74, 6) is -1.08. The third-order valence-corrected chi connectivity index (χ3v) is 4.74. The van der Waals surface area contributed by atoms with Crippen molar-refractivity contribution in [3.63, 3.8) is 0 Å². The lowest BCUT2D eigenvalue weighted by molar-refractivity contribution is -0.304. The summed E-state index contributed by atoms with van der Waals surface area (Å²) in [4.78, 5) is 15.9. The van der Waals surface area contributed by atoms with Gasteiger partial charge in [-0.05, 0) is 42.8 Å². The number of aromatic nitrogens is 1. The number of rotatable bonds is 4. The molecule has 0 amide bonds. The molecule has 0 fully saturated rings. The lowest BCUT2D eigenvalue weighted by atomic mass is 10.2. The zero-order valence-electron chi connectivity index (χ0n) is 11.9. The van der Waals surface area contributed by atoms with Crippen molar-refractivity contribution < 1.29 is 18.7 Å². The highest BCUT2D eigenvalue weighted by molar-refractivity contribution is 7.19. The molecule has 0 aliphatic rings. The number of carbonyl (C=O) groups is 1. The van der Waals surface area contributed by atoms with Gasteiger partial charge in [-0.15, -0.1) is 11.3 Å². The quantitative estimate of drug-likeness (QED) is 0.722. The minimum Gasteiger partial charge on any atom is -0.550 e. The Morgan fingerprint density at radius 2 is 2.09 bits per heavy atom. The zero-order chi connectivity index (χ0) is 16.6. The number of halogens is 2. The summed E-state index contributed by atoms with van der Waals surface area (Å²) in [7, 11) is 0. The van der Waals surface area contributed by atoms with Crippen LogP contribution in [0, 0.1) is 12.7 Å². The molecule has 0 radical (unpaired) electrons. The Morgan fingerprint density at radius 1 is 1.39 bits per heavy atom. The summed E-state index contributed by atoms with van der Waals surface area (Å²) in [6, 6.07) is 7.40. The Hall–Kier alpha value is -2.18. The number of carboxylic acids is 1. The molecule has 0 aliphatic heterocycles. The summed E-state index contributed by atoms with van der Waals surface area (Å²) < 4.78 is 19.3. The summed E-state index contributed by atoms with van der Waals surface area (Å²) in [6.07, 6.45) is -0.380. The van der Waals surface area contributed by atoms with Gasteiger partial charge in [0.15, 0.2) is 5.76 Å². The second-order valence-corrected chi connectivity index (χ2v) is 6.57. The van der Waals surface area contributed by atoms with Crippen molar-refractivity contribution in [3.8, 4) is 22.1 Å². The molecule has 23 heavy (non-hydrogen) atoms. The first-order chi connectivity index (χ1) is 10.9. The largest absolute Gasteiger partial charge is 0.550 e. The van der Waals surface area contributed by atoms with Crippen LogP contribution in [0.1, 0.15) is 11.3 Å². The maximum absolute atomic E-state index is 13.0. The van der Waals surface area contributed by atoms with Gasteiger partial charge >= 0.3 is 0 Å². The third kappa shape index (κ3) is 3.28. The van der Waals surface area contributed by atoms with E-state index in [2.05, 4.69) is 4.98 Å². The highest BCUT2D eigenvalue weighted by Crippen LogP contribution is 2.38. The van der Waals surface area contributed by atoms with Gasteiger partial charge in [0, 0.05) is 18.0 Å². The van der Waals surface area contributed by atoms with Gasteiger partial charge in [0.05, 0.1) is 14.9 Å². The maximum Gasteiger partial charge on any atom is 0.227 e. The molecule has 118 valence electrons. The first kappa shape index (κ1) is 15.7. The van der Waals surface area contributed by atoms with Gasteiger partial charge < -0.3 is 14.3 Å². The summed E-state index contributed by atoms with van der Waals surface area (Å²) >= 11 is 7.34. The SMILES string of the molecule is Cc1cc(-c2oc(-c3ccc(F)cc3)nc2CC(=O)[O-])sc1Cl. The van der Waals surface area contributed by atoms with Gasteiger partial charge in [-0.1, -0.05) is 11.6 Å². The van der Waals surface area contributed by atoms with Gasteiger partial charge in [0.1, 0.15) is 5.82 Å². The van der Waals surface area contributed by atoms with Crippen LogP contribution >= 0.6 is 22.9 Å². The normalized spacial score (nSPS) is 10.9. The van der Waals surface area contributed by atoms with Crippen molar-refractivity contribution in [2.45, 2.75) is 13.3 Å². The van der Waals surface area contributed by atoms with Crippen molar-refractivity contribution in [2.75, 3.05) is 0 Å². The number of carbonyl (C=O) groups excluding carboxylic acids is 1. The topological polar surface area (TPSA) is 66.2 Å². The number of aryl methyl sites for hydroxylation is 1. The molecule has 2 heterocycles. The molecule has 0 atom stereocenters. The fourth-order valence-electron chi connectivity index (χ4n) is 2.09. The van der Waals surface area contributed by atoms with E-state index in [4.69, 9.17) is 16.0 Å². The van der Waals surface area contributed by atoms with Crippen LogP contribution in [0.5, 0.6) is 0 Å². The van der Waals surface area contributed by atoms with E-state index in [1.54, 1.807) is 6.07 Å². The van der Waals surface area contributed by atoms with Crippen LogP contribution in [0.2, 0.25) is 4.34 Å². The highest BCUT2D eigenvalue weighted by Gasteiger charge is 2.19. The standard InChI is InChI=1S/C16H11ClFNO3S/c1-8-6-12(23-15(8)17)14-11(7-13(20)21)19-16(22-14)9-2-4-10(18)5-3-9/h2-6H,7H2,1H3,(H,20,21)/p-1. The fraction of sp³-hybridized carbons (Fsp3) is 0.125. The molecular weight excluding hydrogens is 341 g/mol. The second kappa shape index (κ2) is 6.14. The van der Waals surface area contributed by atoms with Crippen molar-refractivity contribution in [2.24, 2.45) is 0 Å². The minimum absolute atomic E-state index is 0.221. The number of carboxylic acid groups (broad SMARTS) is 1. The molecule has 3 rings (SSSR count). The zero-order valence-corrected chi connectivity index (χ0v) is 13.5. The smallest absolute Gasteiger partial charge is 0.227 e. The van der Waals surface area contributed by atoms with Gasteiger partial charge in [0.2, 0.25) is 5.89 Å². The average Bonchev–Trinajstić information content (AvgIpc) is 3.03. The first-order valence-corrected chi connectivity index (χ1v) is 7.85. The molecule has 0 bridgehead atoms. The van der Waals surface area contributed by atoms with E-state index in [-0.39, 0.29) is 23.8 Å². The summed E-state index contributed by atoms with van der Waals surface area (Å²) in [5, 5.41) is 10.9. The summed E-state index contributed by atoms with van der Waals surface area (Å²) in [5.41, 5.74) is 1.67. The number of oxazole rings is 1. The van der Waals surface area contributed by atoms with Gasteiger partial charge in [-0.2, -0.15) is 0 Å². The fourth-order valence-corrected chi connectivity index (χ4v) is 3.29. The summed E-state index contributed by atoms with van der Waals surface area (Å²) in [6.45, 7) is 1.85. The van der Waals surface area contributed by atoms with Crippen molar-refractivity contribution in [1.82, 2.24) is 4.98 Å². The number of aliphatic carboxylic acids is 1. The third-order valence-electron chi connectivity index (χ3n) is 3.18.